The maximum absolute atomic E-state index is 8.72. The average Bonchev–Trinajstić information content (AvgIpc) is 3.27. The molecular formula is C13H21N5O. The normalized spacial score (nSPS) is 16.0. The molecular weight excluding hydrogens is 242 g/mol. The molecule has 0 aromatic carbocycles. The topological polar surface area (TPSA) is 86.8 Å². The smallest absolute Gasteiger partial charge is 0.189 e. The molecule has 0 bridgehead atoms. The second-order valence-corrected chi connectivity index (χ2v) is 4.88. The van der Waals surface area contributed by atoms with E-state index in [1.807, 2.05) is 12.1 Å². The summed E-state index contributed by atoms with van der Waals surface area (Å²) in [5, 5.41) is 15.1. The van der Waals surface area contributed by atoms with Crippen LogP contribution in [0.4, 0.5) is 0 Å². The van der Waals surface area contributed by atoms with Gasteiger partial charge in [0.1, 0.15) is 5.69 Å². The number of rotatable bonds is 7. The molecule has 104 valence electrons. The van der Waals surface area contributed by atoms with Gasteiger partial charge < -0.3 is 21.2 Å². The molecule has 0 atom stereocenters. The number of nitrogens with two attached hydrogens (primary N) is 1. The zero-order valence-corrected chi connectivity index (χ0v) is 11.2. The molecule has 2 rings (SSSR count). The summed E-state index contributed by atoms with van der Waals surface area (Å²) in [6.45, 7) is 2.61. The van der Waals surface area contributed by atoms with Gasteiger partial charge >= 0.3 is 0 Å². The van der Waals surface area contributed by atoms with Crippen LogP contribution in [-0.4, -0.2) is 47.1 Å². The number of pyridine rings is 1. The Morgan fingerprint density at radius 3 is 3.11 bits per heavy atom. The van der Waals surface area contributed by atoms with Crippen LogP contribution in [0, 0.1) is 0 Å². The molecule has 1 aliphatic rings. The van der Waals surface area contributed by atoms with Crippen molar-refractivity contribution in [2.45, 2.75) is 25.4 Å². The van der Waals surface area contributed by atoms with Crippen molar-refractivity contribution >= 4 is 5.84 Å². The highest BCUT2D eigenvalue weighted by Crippen LogP contribution is 2.24. The van der Waals surface area contributed by atoms with Crippen LogP contribution in [0.1, 0.15) is 24.1 Å². The first-order valence-electron chi connectivity index (χ1n) is 6.55. The Kier molecular flexibility index (Phi) is 4.70. The van der Waals surface area contributed by atoms with Gasteiger partial charge in [0.05, 0.1) is 0 Å². The fourth-order valence-electron chi connectivity index (χ4n) is 2.04. The van der Waals surface area contributed by atoms with Crippen LogP contribution in [0.15, 0.2) is 23.5 Å². The summed E-state index contributed by atoms with van der Waals surface area (Å²) in [4.78, 5) is 6.51. The Bertz CT molecular complexity index is 444. The maximum Gasteiger partial charge on any atom is 0.189 e. The van der Waals surface area contributed by atoms with Gasteiger partial charge in [-0.1, -0.05) is 11.2 Å². The zero-order valence-electron chi connectivity index (χ0n) is 11.2. The molecule has 0 radical (unpaired) electrons. The van der Waals surface area contributed by atoms with Gasteiger partial charge in [0.25, 0.3) is 0 Å². The lowest BCUT2D eigenvalue weighted by Crippen LogP contribution is -2.31. The van der Waals surface area contributed by atoms with Crippen molar-refractivity contribution in [1.29, 1.82) is 0 Å². The molecule has 0 saturated heterocycles. The summed E-state index contributed by atoms with van der Waals surface area (Å²) in [5.41, 5.74) is 7.07. The Hall–Kier alpha value is -1.66. The van der Waals surface area contributed by atoms with Gasteiger partial charge in [-0.15, -0.1) is 0 Å². The molecule has 1 aromatic rings. The SMILES string of the molecule is CN(CCNCc1cccnc1C(N)=NO)C1CC1. The van der Waals surface area contributed by atoms with Crippen LogP contribution in [-0.2, 0) is 6.54 Å². The number of hydrogen-bond donors (Lipinski definition) is 3. The van der Waals surface area contributed by atoms with Gasteiger partial charge in [-0.05, 0) is 31.5 Å². The molecule has 1 heterocycles. The van der Waals surface area contributed by atoms with Crippen molar-refractivity contribution in [1.82, 2.24) is 15.2 Å². The van der Waals surface area contributed by atoms with E-state index in [-0.39, 0.29) is 5.84 Å². The fraction of sp³-hybridized carbons (Fsp3) is 0.538. The zero-order chi connectivity index (χ0) is 13.7. The monoisotopic (exact) mass is 263 g/mol. The third-order valence-corrected chi connectivity index (χ3v) is 3.37. The Labute approximate surface area is 113 Å². The van der Waals surface area contributed by atoms with Crippen molar-refractivity contribution < 1.29 is 5.21 Å². The number of oxime groups is 1. The average molecular weight is 263 g/mol. The Morgan fingerprint density at radius 1 is 1.63 bits per heavy atom. The minimum absolute atomic E-state index is 0.0486. The number of hydrogen-bond acceptors (Lipinski definition) is 5. The van der Waals surface area contributed by atoms with Crippen LogP contribution in [0.3, 0.4) is 0 Å². The van der Waals surface area contributed by atoms with Crippen molar-refractivity contribution in [3.05, 3.63) is 29.6 Å². The minimum atomic E-state index is 0.0486. The number of likely N-dealkylation sites (N-methyl/N-ethyl adjacent to an activating group) is 1. The minimum Gasteiger partial charge on any atom is -0.409 e. The second-order valence-electron chi connectivity index (χ2n) is 4.88. The summed E-state index contributed by atoms with van der Waals surface area (Å²) in [7, 11) is 2.16. The van der Waals surface area contributed by atoms with E-state index in [0.29, 0.717) is 12.2 Å². The molecule has 0 unspecified atom stereocenters. The predicted octanol–water partition coefficient (Wildman–Crippen LogP) is 0.360. The summed E-state index contributed by atoms with van der Waals surface area (Å²) in [6, 6.07) is 4.56. The molecule has 1 aliphatic carbocycles. The van der Waals surface area contributed by atoms with Crippen LogP contribution < -0.4 is 11.1 Å². The summed E-state index contributed by atoms with van der Waals surface area (Å²) < 4.78 is 0. The first kappa shape index (κ1) is 13.8. The van der Waals surface area contributed by atoms with Gasteiger partial charge in [0, 0.05) is 31.9 Å². The molecule has 1 fully saturated rings. The maximum atomic E-state index is 8.72. The van der Waals surface area contributed by atoms with Crippen LogP contribution in [0.5, 0.6) is 0 Å². The lowest BCUT2D eigenvalue weighted by Gasteiger charge is -2.16. The van der Waals surface area contributed by atoms with Crippen molar-refractivity contribution in [2.24, 2.45) is 10.9 Å². The number of nitrogens with zero attached hydrogens (tertiary/aromatic N) is 3. The molecule has 6 heteroatoms. The van der Waals surface area contributed by atoms with E-state index < -0.39 is 0 Å². The quantitative estimate of drug-likeness (QED) is 0.217. The first-order chi connectivity index (χ1) is 9.22. The van der Waals surface area contributed by atoms with E-state index >= 15 is 0 Å². The van der Waals surface area contributed by atoms with Gasteiger partial charge in [0.15, 0.2) is 5.84 Å². The van der Waals surface area contributed by atoms with Crippen LogP contribution in [0.25, 0.3) is 0 Å². The third kappa shape index (κ3) is 3.90. The van der Waals surface area contributed by atoms with E-state index in [4.69, 9.17) is 10.9 Å². The summed E-state index contributed by atoms with van der Waals surface area (Å²) in [6.07, 6.45) is 4.29. The summed E-state index contributed by atoms with van der Waals surface area (Å²) in [5.74, 6) is 0.0486. The van der Waals surface area contributed by atoms with Gasteiger partial charge in [-0.25, -0.2) is 0 Å². The first-order valence-corrected chi connectivity index (χ1v) is 6.55. The highest BCUT2D eigenvalue weighted by atomic mass is 16.4. The number of nitrogens with one attached hydrogen (secondary N) is 1. The molecule has 1 saturated carbocycles. The largest absolute Gasteiger partial charge is 0.409 e. The fourth-order valence-corrected chi connectivity index (χ4v) is 2.04. The molecule has 1 aromatic heterocycles. The van der Waals surface area contributed by atoms with Crippen molar-refractivity contribution in [3.63, 3.8) is 0 Å². The van der Waals surface area contributed by atoms with Crippen molar-refractivity contribution in [3.8, 4) is 0 Å². The van der Waals surface area contributed by atoms with Gasteiger partial charge in [-0.2, -0.15) is 0 Å². The van der Waals surface area contributed by atoms with E-state index in [1.54, 1.807) is 6.20 Å². The summed E-state index contributed by atoms with van der Waals surface area (Å²) >= 11 is 0. The van der Waals surface area contributed by atoms with Crippen LogP contribution in [0.2, 0.25) is 0 Å². The molecule has 0 spiro atoms. The molecule has 0 aliphatic heterocycles. The standard InChI is InChI=1S/C13H21N5O/c1-18(11-4-5-11)8-7-15-9-10-3-2-6-16-12(10)13(14)17-19/h2-3,6,11,15,19H,4-5,7-9H2,1H3,(H2,14,17). The molecule has 0 amide bonds. The Morgan fingerprint density at radius 2 is 2.42 bits per heavy atom. The van der Waals surface area contributed by atoms with E-state index in [2.05, 4.69) is 27.4 Å². The van der Waals surface area contributed by atoms with Gasteiger partial charge in [0.2, 0.25) is 0 Å². The molecule has 6 nitrogen and oxygen atoms in total. The molecule has 4 N–H and O–H groups in total. The van der Waals surface area contributed by atoms with Crippen LogP contribution >= 0.6 is 0 Å². The van der Waals surface area contributed by atoms with E-state index in [1.165, 1.54) is 12.8 Å². The second kappa shape index (κ2) is 6.49. The highest BCUT2D eigenvalue weighted by Gasteiger charge is 2.25. The van der Waals surface area contributed by atoms with E-state index in [0.717, 1.165) is 24.7 Å². The van der Waals surface area contributed by atoms with Crippen molar-refractivity contribution in [2.75, 3.05) is 20.1 Å². The number of amidine groups is 1. The highest BCUT2D eigenvalue weighted by molar-refractivity contribution is 5.96. The third-order valence-electron chi connectivity index (χ3n) is 3.37. The number of aromatic nitrogens is 1. The Balaban J connectivity index is 1.81. The van der Waals surface area contributed by atoms with E-state index in [9.17, 15) is 0 Å². The molecule has 19 heavy (non-hydrogen) atoms. The van der Waals surface area contributed by atoms with Gasteiger partial charge in [-0.3, -0.25) is 4.98 Å². The predicted molar refractivity (Wildman–Crippen MR) is 74.1 cm³/mol. The lowest BCUT2D eigenvalue weighted by molar-refractivity contribution is 0.318. The lowest BCUT2D eigenvalue weighted by atomic mass is 10.2.